The first-order valence-corrected chi connectivity index (χ1v) is 7.43. The van der Waals surface area contributed by atoms with E-state index in [2.05, 4.69) is 5.32 Å². The zero-order valence-electron chi connectivity index (χ0n) is 11.4. The fraction of sp³-hybridized carbons (Fsp3) is 0.333. The minimum absolute atomic E-state index is 0.00136. The molecule has 1 aromatic carbocycles. The van der Waals surface area contributed by atoms with Gasteiger partial charge in [-0.25, -0.2) is 17.1 Å². The Balaban J connectivity index is 2.09. The predicted octanol–water partition coefficient (Wildman–Crippen LogP) is 0.297. The van der Waals surface area contributed by atoms with Gasteiger partial charge in [0.1, 0.15) is 12.4 Å². The molecule has 2 rings (SSSR count). The highest BCUT2D eigenvalue weighted by Crippen LogP contribution is 2.34. The predicted molar refractivity (Wildman–Crippen MR) is 74.2 cm³/mol. The van der Waals surface area contributed by atoms with Crippen molar-refractivity contribution in [2.75, 3.05) is 17.6 Å². The third kappa shape index (κ3) is 2.33. The topological polar surface area (TPSA) is 110 Å². The Labute approximate surface area is 121 Å². The summed E-state index contributed by atoms with van der Waals surface area (Å²) in [6.45, 7) is 1.91. The van der Waals surface area contributed by atoms with Crippen LogP contribution in [0.25, 0.3) is 0 Å². The highest BCUT2D eigenvalue weighted by atomic mass is 32.2. The van der Waals surface area contributed by atoms with E-state index in [0.717, 1.165) is 12.1 Å². The number of anilines is 2. The molecular weight excluding hydrogens is 301 g/mol. The average Bonchev–Trinajstić information content (AvgIpc) is 2.38. The molecular formula is C12H14FN3O4S. The van der Waals surface area contributed by atoms with Gasteiger partial charge < -0.3 is 11.1 Å². The molecule has 0 aromatic heterocycles. The van der Waals surface area contributed by atoms with Gasteiger partial charge in [-0.1, -0.05) is 0 Å². The first-order valence-electron chi connectivity index (χ1n) is 5.99. The summed E-state index contributed by atoms with van der Waals surface area (Å²) in [5, 5.41) is 2.33. The van der Waals surface area contributed by atoms with Crippen LogP contribution in [0.2, 0.25) is 0 Å². The summed E-state index contributed by atoms with van der Waals surface area (Å²) >= 11 is 0. The maximum Gasteiger partial charge on any atom is 0.259 e. The molecule has 114 valence electrons. The second kappa shape index (κ2) is 4.69. The molecule has 1 aliphatic rings. The van der Waals surface area contributed by atoms with E-state index in [-0.39, 0.29) is 11.4 Å². The summed E-state index contributed by atoms with van der Waals surface area (Å²) in [5.74, 6) is -1.95. The number of carbonyl (C=O) groups excluding carboxylic acids is 2. The third-order valence-electron chi connectivity index (χ3n) is 3.25. The largest absolute Gasteiger partial charge is 0.397 e. The van der Waals surface area contributed by atoms with Crippen LogP contribution in [0.15, 0.2) is 18.2 Å². The van der Waals surface area contributed by atoms with Crippen LogP contribution in [0, 0.1) is 5.82 Å². The Kier molecular flexibility index (Phi) is 3.40. The van der Waals surface area contributed by atoms with E-state index in [0.29, 0.717) is 4.31 Å². The second-order valence-electron chi connectivity index (χ2n) is 5.11. The van der Waals surface area contributed by atoms with Gasteiger partial charge in [-0.05, 0) is 32.0 Å². The van der Waals surface area contributed by atoms with E-state index in [1.165, 1.54) is 19.9 Å². The number of nitrogens with zero attached hydrogens (tertiary/aromatic N) is 1. The Morgan fingerprint density at radius 2 is 2.05 bits per heavy atom. The summed E-state index contributed by atoms with van der Waals surface area (Å²) < 4.78 is 35.5. The Bertz CT molecular complexity index is 730. The first kappa shape index (κ1) is 15.2. The van der Waals surface area contributed by atoms with Crippen LogP contribution >= 0.6 is 0 Å². The molecule has 0 atom stereocenters. The number of hydrogen-bond acceptors (Lipinski definition) is 5. The van der Waals surface area contributed by atoms with E-state index < -0.39 is 38.9 Å². The number of carbonyl (C=O) groups is 2. The zero-order chi connectivity index (χ0) is 16.0. The van der Waals surface area contributed by atoms with Gasteiger partial charge in [-0.15, -0.1) is 0 Å². The molecule has 0 spiro atoms. The van der Waals surface area contributed by atoms with Crippen molar-refractivity contribution in [1.29, 1.82) is 0 Å². The van der Waals surface area contributed by atoms with Gasteiger partial charge in [0.25, 0.3) is 15.9 Å². The molecule has 0 saturated carbocycles. The van der Waals surface area contributed by atoms with Gasteiger partial charge >= 0.3 is 0 Å². The number of benzene rings is 1. The van der Waals surface area contributed by atoms with Gasteiger partial charge in [0.15, 0.2) is 4.75 Å². The molecule has 0 aliphatic carbocycles. The lowest BCUT2D eigenvalue weighted by Crippen LogP contribution is -2.68. The van der Waals surface area contributed by atoms with Crippen LogP contribution < -0.4 is 11.1 Å². The number of nitrogens with two attached hydrogens (primary N) is 1. The van der Waals surface area contributed by atoms with E-state index in [4.69, 9.17) is 5.73 Å². The molecule has 21 heavy (non-hydrogen) atoms. The average molecular weight is 315 g/mol. The van der Waals surface area contributed by atoms with Gasteiger partial charge in [0.2, 0.25) is 5.91 Å². The van der Waals surface area contributed by atoms with Crippen LogP contribution in [0.4, 0.5) is 15.8 Å². The highest BCUT2D eigenvalue weighted by Gasteiger charge is 2.60. The molecule has 7 nitrogen and oxygen atoms in total. The van der Waals surface area contributed by atoms with Crippen molar-refractivity contribution in [2.45, 2.75) is 18.6 Å². The van der Waals surface area contributed by atoms with E-state index in [1.54, 1.807) is 0 Å². The second-order valence-corrected chi connectivity index (χ2v) is 7.52. The van der Waals surface area contributed by atoms with Crippen molar-refractivity contribution >= 4 is 33.2 Å². The molecule has 0 unspecified atom stereocenters. The number of amides is 2. The lowest BCUT2D eigenvalue weighted by atomic mass is 10.2. The molecule has 1 saturated heterocycles. The number of sulfonamides is 1. The van der Waals surface area contributed by atoms with Crippen molar-refractivity contribution in [1.82, 2.24) is 4.31 Å². The number of nitrogen functional groups attached to an aromatic ring is 1. The third-order valence-corrected chi connectivity index (χ3v) is 5.59. The maximum atomic E-state index is 12.9. The molecule has 3 N–H and O–H groups in total. The fourth-order valence-electron chi connectivity index (χ4n) is 1.88. The molecule has 1 aliphatic heterocycles. The van der Waals surface area contributed by atoms with Crippen molar-refractivity contribution in [2.24, 2.45) is 0 Å². The summed E-state index contributed by atoms with van der Waals surface area (Å²) in [5.41, 5.74) is 5.66. The summed E-state index contributed by atoms with van der Waals surface area (Å²) in [6.07, 6.45) is 0. The molecule has 0 bridgehead atoms. The van der Waals surface area contributed by atoms with Gasteiger partial charge in [-0.3, -0.25) is 9.59 Å². The van der Waals surface area contributed by atoms with E-state index in [9.17, 15) is 22.4 Å². The fourth-order valence-corrected chi connectivity index (χ4v) is 3.36. The van der Waals surface area contributed by atoms with Crippen LogP contribution in [-0.2, 0) is 19.6 Å². The van der Waals surface area contributed by atoms with E-state index >= 15 is 0 Å². The smallest absolute Gasteiger partial charge is 0.259 e. The van der Waals surface area contributed by atoms with Crippen molar-refractivity contribution < 1.29 is 22.4 Å². The van der Waals surface area contributed by atoms with Crippen LogP contribution in [0.3, 0.4) is 0 Å². The normalized spacial score (nSPS) is 19.0. The van der Waals surface area contributed by atoms with Crippen LogP contribution in [-0.4, -0.2) is 35.8 Å². The monoisotopic (exact) mass is 315 g/mol. The molecule has 0 radical (unpaired) electrons. The maximum absolute atomic E-state index is 12.9. The lowest BCUT2D eigenvalue weighted by molar-refractivity contribution is -0.134. The zero-order valence-corrected chi connectivity index (χ0v) is 12.2. The van der Waals surface area contributed by atoms with Crippen molar-refractivity contribution in [3.05, 3.63) is 24.0 Å². The first-order chi connectivity index (χ1) is 9.57. The lowest BCUT2D eigenvalue weighted by Gasteiger charge is -2.42. The van der Waals surface area contributed by atoms with E-state index in [1.807, 2.05) is 0 Å². The number of rotatable bonds is 3. The van der Waals surface area contributed by atoms with Crippen molar-refractivity contribution in [3.8, 4) is 0 Å². The minimum Gasteiger partial charge on any atom is -0.397 e. The Morgan fingerprint density at radius 1 is 1.43 bits per heavy atom. The summed E-state index contributed by atoms with van der Waals surface area (Å²) in [4.78, 5) is 23.5. The van der Waals surface area contributed by atoms with Crippen molar-refractivity contribution in [3.63, 3.8) is 0 Å². The molecule has 2 amide bonds. The number of nitrogens with one attached hydrogen (secondary N) is 1. The van der Waals surface area contributed by atoms with Gasteiger partial charge in [0, 0.05) is 0 Å². The molecule has 1 fully saturated rings. The van der Waals surface area contributed by atoms with Gasteiger partial charge in [-0.2, -0.15) is 0 Å². The quantitative estimate of drug-likeness (QED) is 0.780. The minimum atomic E-state index is -3.82. The molecule has 9 heteroatoms. The Morgan fingerprint density at radius 3 is 2.57 bits per heavy atom. The number of halogens is 1. The molecule has 1 aromatic rings. The molecule has 1 heterocycles. The summed E-state index contributed by atoms with van der Waals surface area (Å²) in [7, 11) is -3.82. The van der Waals surface area contributed by atoms with Gasteiger partial charge in [0.05, 0.1) is 11.4 Å². The SMILES string of the molecule is CC1(C)C(=O)N(CC(=O)Nc2ccc(F)cc2N)S1(=O)=O. The Hall–Kier alpha value is -2.16. The standard InChI is InChI=1S/C12H14FN3O4S/c1-12(2)11(18)16(21(12,19)20)6-10(17)15-9-4-3-7(13)5-8(9)14/h3-5H,6,14H2,1-2H3,(H,15,17). The van der Waals surface area contributed by atoms with Crippen LogP contribution in [0.5, 0.6) is 0 Å². The van der Waals surface area contributed by atoms with Crippen LogP contribution in [0.1, 0.15) is 13.8 Å². The number of hydrogen-bond donors (Lipinski definition) is 2. The highest BCUT2D eigenvalue weighted by molar-refractivity contribution is 7.94. The summed E-state index contributed by atoms with van der Waals surface area (Å²) in [6, 6.07) is 3.36.